The average molecular weight is 537 g/mol. The van der Waals surface area contributed by atoms with Gasteiger partial charge in [-0.3, -0.25) is 4.79 Å². The lowest BCUT2D eigenvalue weighted by Crippen LogP contribution is -2.30. The molecule has 1 unspecified atom stereocenters. The van der Waals surface area contributed by atoms with E-state index in [1.165, 1.54) is 7.11 Å². The summed E-state index contributed by atoms with van der Waals surface area (Å²) in [5.41, 5.74) is 9.39. The third kappa shape index (κ3) is 5.19. The van der Waals surface area contributed by atoms with Crippen LogP contribution in [-0.2, 0) is 16.1 Å². The van der Waals surface area contributed by atoms with Crippen LogP contribution in [-0.4, -0.2) is 41.5 Å². The predicted molar refractivity (Wildman–Crippen MR) is 143 cm³/mol. The number of aromatic nitrogens is 2. The number of halogens is 1. The van der Waals surface area contributed by atoms with Crippen LogP contribution in [0.5, 0.6) is 11.5 Å². The lowest BCUT2D eigenvalue weighted by molar-refractivity contribution is -0.147. The van der Waals surface area contributed by atoms with Gasteiger partial charge in [0.15, 0.2) is 17.2 Å². The number of carbonyl (C=O) groups excluding carboxylic acids is 2. The summed E-state index contributed by atoms with van der Waals surface area (Å²) >= 11 is 5.98. The third-order valence-corrected chi connectivity index (χ3v) is 6.94. The highest BCUT2D eigenvalue weighted by molar-refractivity contribution is 6.30. The van der Waals surface area contributed by atoms with Crippen LogP contribution in [0.15, 0.2) is 59.9 Å². The molecule has 10 heteroatoms. The van der Waals surface area contributed by atoms with Gasteiger partial charge in [-0.05, 0) is 74.6 Å². The van der Waals surface area contributed by atoms with Gasteiger partial charge in [-0.15, -0.1) is 0 Å². The normalized spacial score (nSPS) is 15.2. The molecule has 1 aliphatic heterocycles. The van der Waals surface area contributed by atoms with Gasteiger partial charge in [0.25, 0.3) is 5.91 Å². The molecule has 1 fully saturated rings. The Hall–Kier alpha value is -3.98. The van der Waals surface area contributed by atoms with Crippen LogP contribution >= 0.6 is 11.6 Å². The van der Waals surface area contributed by atoms with Gasteiger partial charge in [0.05, 0.1) is 19.3 Å². The number of methoxy groups -OCH3 is 1. The fourth-order valence-corrected chi connectivity index (χ4v) is 4.39. The second kappa shape index (κ2) is 10.4. The zero-order valence-corrected chi connectivity index (χ0v) is 22.2. The third-order valence-electron chi connectivity index (χ3n) is 6.68. The zero-order chi connectivity index (χ0) is 27.0. The van der Waals surface area contributed by atoms with Crippen LogP contribution in [0.1, 0.15) is 42.7 Å². The Labute approximate surface area is 225 Å². The standard InChI is InChI=1S/C28H29ClN4O5/c1-16(2)25(30)28(35)38-24(17-4-5-17)15-37-22-11-10-21(12-23(22)36-3)32-13-18-14-33(31-26(18)27(32)34)20-8-6-19(29)7-9-20/h6-12,14,17,24H,4-5,13,15,30H2,1-3H3. The van der Waals surface area contributed by atoms with E-state index in [0.29, 0.717) is 40.0 Å². The van der Waals surface area contributed by atoms with Crippen LogP contribution in [0.3, 0.4) is 0 Å². The molecule has 0 radical (unpaired) electrons. The molecule has 0 bridgehead atoms. The van der Waals surface area contributed by atoms with Crippen LogP contribution < -0.4 is 20.1 Å². The first kappa shape index (κ1) is 25.7. The molecule has 2 aromatic carbocycles. The molecule has 2 heterocycles. The summed E-state index contributed by atoms with van der Waals surface area (Å²) in [7, 11) is 1.54. The van der Waals surface area contributed by atoms with E-state index in [9.17, 15) is 9.59 Å². The number of nitrogens with zero attached hydrogens (tertiary/aromatic N) is 3. The Kier molecular flexibility index (Phi) is 7.03. The van der Waals surface area contributed by atoms with Crippen molar-refractivity contribution in [3.05, 3.63) is 76.2 Å². The Bertz CT molecular complexity index is 1410. The van der Waals surface area contributed by atoms with Crippen molar-refractivity contribution in [2.45, 2.75) is 39.3 Å². The molecule has 1 saturated carbocycles. The zero-order valence-electron chi connectivity index (χ0n) is 21.4. The molecular weight excluding hydrogens is 508 g/mol. The number of anilines is 1. The van der Waals surface area contributed by atoms with Gasteiger partial charge in [0, 0.05) is 28.5 Å². The number of fused-ring (bicyclic) bond motifs is 1. The molecule has 9 nitrogen and oxygen atoms in total. The molecule has 1 atom stereocenters. The molecule has 3 aromatic rings. The molecule has 0 saturated heterocycles. The molecule has 1 aliphatic carbocycles. The maximum absolute atomic E-state index is 13.2. The summed E-state index contributed by atoms with van der Waals surface area (Å²) in [5.74, 6) is 0.484. The van der Waals surface area contributed by atoms with Gasteiger partial charge in [-0.1, -0.05) is 11.6 Å². The van der Waals surface area contributed by atoms with Crippen molar-refractivity contribution in [1.29, 1.82) is 0 Å². The monoisotopic (exact) mass is 536 g/mol. The number of amides is 1. The van der Waals surface area contributed by atoms with E-state index in [0.717, 1.165) is 24.1 Å². The lowest BCUT2D eigenvalue weighted by Gasteiger charge is -2.21. The molecule has 5 rings (SSSR count). The molecule has 2 aliphatic rings. The topological polar surface area (TPSA) is 109 Å². The number of nitrogens with two attached hydrogens (primary N) is 1. The van der Waals surface area contributed by atoms with Crippen LogP contribution in [0.2, 0.25) is 5.02 Å². The molecule has 1 amide bonds. The average Bonchev–Trinajstić information content (AvgIpc) is 3.60. The van der Waals surface area contributed by atoms with Gasteiger partial charge < -0.3 is 24.8 Å². The first-order valence-corrected chi connectivity index (χ1v) is 12.7. The molecule has 198 valence electrons. The molecule has 0 spiro atoms. The van der Waals surface area contributed by atoms with Gasteiger partial charge in [-0.25, -0.2) is 9.48 Å². The van der Waals surface area contributed by atoms with Crippen molar-refractivity contribution in [1.82, 2.24) is 9.78 Å². The smallest absolute Gasteiger partial charge is 0.354 e. The van der Waals surface area contributed by atoms with E-state index in [1.807, 2.05) is 18.3 Å². The summed E-state index contributed by atoms with van der Waals surface area (Å²) in [6, 6.07) is 12.6. The minimum atomic E-state index is -0.530. The maximum atomic E-state index is 13.2. The second-order valence-corrected chi connectivity index (χ2v) is 10.1. The van der Waals surface area contributed by atoms with Crippen molar-refractivity contribution in [2.75, 3.05) is 18.6 Å². The SMILES string of the molecule is COc1cc(N2Cc3cn(-c4ccc(Cl)cc4)nc3C2=O)ccc1OCC(OC(=O)C(N)=C(C)C)C1CC1. The van der Waals surface area contributed by atoms with Crippen molar-refractivity contribution in [3.8, 4) is 17.2 Å². The van der Waals surface area contributed by atoms with Crippen LogP contribution in [0, 0.1) is 5.92 Å². The van der Waals surface area contributed by atoms with E-state index in [2.05, 4.69) is 5.10 Å². The summed E-state index contributed by atoms with van der Waals surface area (Å²) in [5, 5.41) is 5.13. The number of hydrogen-bond donors (Lipinski definition) is 1. The number of allylic oxidation sites excluding steroid dienone is 1. The highest BCUT2D eigenvalue weighted by Gasteiger charge is 2.36. The van der Waals surface area contributed by atoms with Gasteiger partial charge in [0.1, 0.15) is 18.4 Å². The fourth-order valence-electron chi connectivity index (χ4n) is 4.26. The Morgan fingerprint density at radius 1 is 1.13 bits per heavy atom. The Morgan fingerprint density at radius 3 is 2.47 bits per heavy atom. The number of hydrogen-bond acceptors (Lipinski definition) is 7. The highest BCUT2D eigenvalue weighted by atomic mass is 35.5. The molecule has 2 N–H and O–H groups in total. The summed E-state index contributed by atoms with van der Waals surface area (Å²) in [6.07, 6.45) is 3.39. The lowest BCUT2D eigenvalue weighted by atomic mass is 10.2. The number of rotatable bonds is 9. The summed E-state index contributed by atoms with van der Waals surface area (Å²) < 4.78 is 18.9. The maximum Gasteiger partial charge on any atom is 0.354 e. The molecule has 1 aromatic heterocycles. The number of benzene rings is 2. The highest BCUT2D eigenvalue weighted by Crippen LogP contribution is 2.38. The minimum Gasteiger partial charge on any atom is -0.493 e. The van der Waals surface area contributed by atoms with E-state index in [1.54, 1.807) is 53.8 Å². The fraction of sp³-hybridized carbons (Fsp3) is 0.321. The van der Waals surface area contributed by atoms with Gasteiger partial charge in [-0.2, -0.15) is 5.10 Å². The van der Waals surface area contributed by atoms with Crippen LogP contribution in [0.4, 0.5) is 5.69 Å². The number of ether oxygens (including phenoxy) is 3. The minimum absolute atomic E-state index is 0.119. The first-order valence-electron chi connectivity index (χ1n) is 12.4. The van der Waals surface area contributed by atoms with E-state index >= 15 is 0 Å². The molecule has 38 heavy (non-hydrogen) atoms. The number of carbonyl (C=O) groups is 2. The van der Waals surface area contributed by atoms with Crippen molar-refractivity contribution >= 4 is 29.2 Å². The van der Waals surface area contributed by atoms with Crippen LogP contribution in [0.25, 0.3) is 5.69 Å². The van der Waals surface area contributed by atoms with E-state index in [4.69, 9.17) is 31.5 Å². The molecular formula is C28H29ClN4O5. The second-order valence-electron chi connectivity index (χ2n) is 9.66. The largest absolute Gasteiger partial charge is 0.493 e. The Balaban J connectivity index is 1.27. The van der Waals surface area contributed by atoms with Gasteiger partial charge in [0.2, 0.25) is 0 Å². The quantitative estimate of drug-likeness (QED) is 0.313. The summed E-state index contributed by atoms with van der Waals surface area (Å²) in [6.45, 7) is 4.09. The van der Waals surface area contributed by atoms with Crippen molar-refractivity contribution in [3.63, 3.8) is 0 Å². The predicted octanol–water partition coefficient (Wildman–Crippen LogP) is 4.65. The van der Waals surface area contributed by atoms with E-state index in [-0.39, 0.29) is 24.1 Å². The van der Waals surface area contributed by atoms with Gasteiger partial charge >= 0.3 is 5.97 Å². The van der Waals surface area contributed by atoms with Crippen molar-refractivity contribution < 1.29 is 23.8 Å². The van der Waals surface area contributed by atoms with Crippen molar-refractivity contribution in [2.24, 2.45) is 11.7 Å². The summed E-state index contributed by atoms with van der Waals surface area (Å²) in [4.78, 5) is 27.2. The first-order chi connectivity index (χ1) is 18.2. The Morgan fingerprint density at radius 2 is 1.84 bits per heavy atom. The van der Waals surface area contributed by atoms with E-state index < -0.39 is 12.1 Å². The number of esters is 1.